The maximum absolute atomic E-state index is 13.0. The van der Waals surface area contributed by atoms with Crippen LogP contribution >= 0.6 is 0 Å². The van der Waals surface area contributed by atoms with Crippen LogP contribution in [0.15, 0.2) is 0 Å². The number of hydrogen-bond donors (Lipinski definition) is 1. The van der Waals surface area contributed by atoms with E-state index in [1.54, 1.807) is 0 Å². The van der Waals surface area contributed by atoms with E-state index in [0.29, 0.717) is 30.6 Å². The first-order chi connectivity index (χ1) is 14.0. The first-order valence-electron chi connectivity index (χ1n) is 12.5. The highest BCUT2D eigenvalue weighted by molar-refractivity contribution is 5.76. The minimum absolute atomic E-state index is 0.210. The maximum atomic E-state index is 13.0. The molecule has 0 saturated carbocycles. The van der Waals surface area contributed by atoms with E-state index in [-0.39, 0.29) is 5.91 Å². The van der Waals surface area contributed by atoms with Gasteiger partial charge >= 0.3 is 0 Å². The summed E-state index contributed by atoms with van der Waals surface area (Å²) in [6.07, 6.45) is 16.0. The fourth-order valence-electron chi connectivity index (χ4n) is 4.00. The Morgan fingerprint density at radius 3 is 1.55 bits per heavy atom. The van der Waals surface area contributed by atoms with Crippen molar-refractivity contribution in [2.75, 3.05) is 13.1 Å². The van der Waals surface area contributed by atoms with Gasteiger partial charge in [0.2, 0.25) is 11.8 Å². The van der Waals surface area contributed by atoms with Crippen molar-refractivity contribution in [1.82, 2.24) is 4.90 Å². The molecule has 29 heavy (non-hydrogen) atoms. The van der Waals surface area contributed by atoms with E-state index in [1.165, 1.54) is 38.5 Å². The zero-order valence-corrected chi connectivity index (χ0v) is 20.0. The smallest absolute Gasteiger partial charge is 0.222 e. The molecule has 0 heterocycles. The van der Waals surface area contributed by atoms with E-state index in [0.717, 1.165) is 58.0 Å². The molecular weight excluding hydrogens is 360 g/mol. The van der Waals surface area contributed by atoms with Crippen molar-refractivity contribution in [3.05, 3.63) is 0 Å². The lowest BCUT2D eigenvalue weighted by Gasteiger charge is -2.31. The summed E-state index contributed by atoms with van der Waals surface area (Å²) in [6, 6.07) is 0. The summed E-state index contributed by atoms with van der Waals surface area (Å²) in [5.41, 5.74) is 5.18. The lowest BCUT2D eigenvalue weighted by molar-refractivity contribution is -0.132. The molecule has 2 amide bonds. The molecule has 0 rings (SSSR count). The van der Waals surface area contributed by atoms with Crippen molar-refractivity contribution in [3.63, 3.8) is 0 Å². The van der Waals surface area contributed by atoms with Crippen molar-refractivity contribution in [2.45, 2.75) is 124 Å². The quantitative estimate of drug-likeness (QED) is 0.234. The van der Waals surface area contributed by atoms with Gasteiger partial charge in [-0.05, 0) is 37.5 Å². The molecule has 0 aromatic rings. The number of nitrogens with two attached hydrogens (primary N) is 1. The van der Waals surface area contributed by atoms with Gasteiger partial charge in [0.1, 0.15) is 0 Å². The average Bonchev–Trinajstić information content (AvgIpc) is 2.71. The molecular formula is C25H50N2O2. The second-order valence-corrected chi connectivity index (χ2v) is 8.87. The first-order valence-corrected chi connectivity index (χ1v) is 12.5. The second kappa shape index (κ2) is 18.9. The highest BCUT2D eigenvalue weighted by Gasteiger charge is 2.21. The summed E-state index contributed by atoms with van der Waals surface area (Å²) >= 11 is 0. The Morgan fingerprint density at radius 2 is 1.14 bits per heavy atom. The minimum Gasteiger partial charge on any atom is -0.370 e. The van der Waals surface area contributed by atoms with Crippen molar-refractivity contribution in [2.24, 2.45) is 17.6 Å². The molecule has 2 N–H and O–H groups in total. The van der Waals surface area contributed by atoms with Gasteiger partial charge in [-0.1, -0.05) is 85.5 Å². The van der Waals surface area contributed by atoms with Gasteiger partial charge in [0.05, 0.1) is 0 Å². The third-order valence-corrected chi connectivity index (χ3v) is 6.21. The molecule has 0 radical (unpaired) electrons. The van der Waals surface area contributed by atoms with Crippen LogP contribution in [0.2, 0.25) is 0 Å². The fraction of sp³-hybridized carbons (Fsp3) is 0.920. The SMILES string of the molecule is CCCCC(CC)CN(CC(CC)CCCC)C(=O)CCCCCCCC(N)=O. The second-order valence-electron chi connectivity index (χ2n) is 8.87. The summed E-state index contributed by atoms with van der Waals surface area (Å²) in [7, 11) is 0. The number of amides is 2. The third-order valence-electron chi connectivity index (χ3n) is 6.21. The van der Waals surface area contributed by atoms with Crippen LogP contribution in [0, 0.1) is 11.8 Å². The van der Waals surface area contributed by atoms with E-state index < -0.39 is 0 Å². The molecule has 0 aliphatic rings. The molecule has 0 saturated heterocycles. The summed E-state index contributed by atoms with van der Waals surface area (Å²) in [5.74, 6) is 1.41. The molecule has 0 fully saturated rings. The molecule has 0 aromatic heterocycles. The number of carbonyl (C=O) groups is 2. The molecule has 0 aromatic carbocycles. The Kier molecular flexibility index (Phi) is 18.2. The van der Waals surface area contributed by atoms with Gasteiger partial charge in [0.15, 0.2) is 0 Å². The van der Waals surface area contributed by atoms with Gasteiger partial charge in [-0.3, -0.25) is 9.59 Å². The molecule has 0 bridgehead atoms. The number of hydrogen-bond acceptors (Lipinski definition) is 2. The molecule has 172 valence electrons. The van der Waals surface area contributed by atoms with Crippen molar-refractivity contribution >= 4 is 11.8 Å². The molecule has 4 nitrogen and oxygen atoms in total. The van der Waals surface area contributed by atoms with Gasteiger partial charge in [-0.2, -0.15) is 0 Å². The third kappa shape index (κ3) is 15.4. The number of unbranched alkanes of at least 4 members (excludes halogenated alkanes) is 6. The zero-order valence-electron chi connectivity index (χ0n) is 20.0. The van der Waals surface area contributed by atoms with Crippen LogP contribution in [-0.4, -0.2) is 29.8 Å². The summed E-state index contributed by atoms with van der Waals surface area (Å²) in [5, 5.41) is 0. The van der Waals surface area contributed by atoms with Crippen LogP contribution in [0.5, 0.6) is 0 Å². The van der Waals surface area contributed by atoms with Crippen molar-refractivity contribution in [3.8, 4) is 0 Å². The van der Waals surface area contributed by atoms with E-state index in [4.69, 9.17) is 5.73 Å². The summed E-state index contributed by atoms with van der Waals surface area (Å²) < 4.78 is 0. The Bertz CT molecular complexity index is 394. The van der Waals surface area contributed by atoms with Gasteiger partial charge in [0.25, 0.3) is 0 Å². The number of nitrogens with zero attached hydrogens (tertiary/aromatic N) is 1. The lowest BCUT2D eigenvalue weighted by atomic mass is 9.95. The number of carbonyl (C=O) groups excluding carboxylic acids is 2. The highest BCUT2D eigenvalue weighted by atomic mass is 16.2. The fourth-order valence-corrected chi connectivity index (χ4v) is 4.00. The predicted molar refractivity (Wildman–Crippen MR) is 125 cm³/mol. The lowest BCUT2D eigenvalue weighted by Crippen LogP contribution is -2.38. The maximum Gasteiger partial charge on any atom is 0.222 e. The van der Waals surface area contributed by atoms with E-state index in [2.05, 4.69) is 32.6 Å². The minimum atomic E-state index is -0.210. The Balaban J connectivity index is 4.58. The van der Waals surface area contributed by atoms with Gasteiger partial charge in [-0.15, -0.1) is 0 Å². The normalized spacial score (nSPS) is 13.2. The van der Waals surface area contributed by atoms with E-state index in [9.17, 15) is 9.59 Å². The van der Waals surface area contributed by atoms with Gasteiger partial charge < -0.3 is 10.6 Å². The molecule has 0 aliphatic heterocycles. The van der Waals surface area contributed by atoms with Crippen molar-refractivity contribution in [1.29, 1.82) is 0 Å². The Morgan fingerprint density at radius 1 is 0.690 bits per heavy atom. The molecule has 2 unspecified atom stereocenters. The Hall–Kier alpha value is -1.06. The average molecular weight is 411 g/mol. The number of rotatable bonds is 20. The van der Waals surface area contributed by atoms with E-state index >= 15 is 0 Å². The predicted octanol–water partition coefficient (Wildman–Crippen LogP) is 6.46. The monoisotopic (exact) mass is 410 g/mol. The number of primary amides is 1. The van der Waals surface area contributed by atoms with Crippen LogP contribution in [0.3, 0.4) is 0 Å². The van der Waals surface area contributed by atoms with Crippen LogP contribution in [0.1, 0.15) is 124 Å². The largest absolute Gasteiger partial charge is 0.370 e. The van der Waals surface area contributed by atoms with Gasteiger partial charge in [0, 0.05) is 25.9 Å². The molecule has 2 atom stereocenters. The standard InChI is InChI=1S/C25H50N2O2/c1-5-9-16-22(7-3)20-27(21-23(8-4)17-10-6-2)25(29)19-15-13-11-12-14-18-24(26)28/h22-23H,5-21H2,1-4H3,(H2,26,28). The zero-order chi connectivity index (χ0) is 21.9. The van der Waals surface area contributed by atoms with E-state index in [1.807, 2.05) is 0 Å². The van der Waals surface area contributed by atoms with Crippen LogP contribution < -0.4 is 5.73 Å². The van der Waals surface area contributed by atoms with Gasteiger partial charge in [-0.25, -0.2) is 0 Å². The van der Waals surface area contributed by atoms with Crippen LogP contribution in [0.4, 0.5) is 0 Å². The van der Waals surface area contributed by atoms with Crippen LogP contribution in [0.25, 0.3) is 0 Å². The Labute approximate surface area is 181 Å². The summed E-state index contributed by atoms with van der Waals surface area (Å²) in [4.78, 5) is 26.0. The highest BCUT2D eigenvalue weighted by Crippen LogP contribution is 2.20. The first kappa shape index (κ1) is 27.9. The molecule has 4 heteroatoms. The molecule has 0 spiro atoms. The van der Waals surface area contributed by atoms with Crippen molar-refractivity contribution < 1.29 is 9.59 Å². The van der Waals surface area contributed by atoms with Crippen LogP contribution in [-0.2, 0) is 9.59 Å². The molecule has 0 aliphatic carbocycles. The summed E-state index contributed by atoms with van der Waals surface area (Å²) in [6.45, 7) is 10.9. The topological polar surface area (TPSA) is 63.4 Å².